The van der Waals surface area contributed by atoms with Gasteiger partial charge in [-0.3, -0.25) is 4.79 Å². The van der Waals surface area contributed by atoms with Crippen LogP contribution in [0.2, 0.25) is 0 Å². The van der Waals surface area contributed by atoms with Gasteiger partial charge in [-0.2, -0.15) is 0 Å². The molecule has 0 aromatic carbocycles. The lowest BCUT2D eigenvalue weighted by molar-refractivity contribution is 0.0976. The van der Waals surface area contributed by atoms with Crippen molar-refractivity contribution in [3.05, 3.63) is 21.9 Å². The minimum absolute atomic E-state index is 0.166. The Morgan fingerprint density at radius 1 is 1.50 bits per heavy atom. The molecule has 64 valence electrons. The van der Waals surface area contributed by atoms with E-state index >= 15 is 0 Å². The molecule has 0 N–H and O–H groups in total. The number of hydrogen-bond donors (Lipinski definition) is 0. The van der Waals surface area contributed by atoms with Gasteiger partial charge in [-0.25, -0.2) is 0 Å². The first kappa shape index (κ1) is 8.91. The van der Waals surface area contributed by atoms with Gasteiger partial charge >= 0.3 is 0 Å². The molecule has 0 atom stereocenters. The van der Waals surface area contributed by atoms with Crippen LogP contribution in [0.1, 0.15) is 21.7 Å². The largest absolute Gasteiger partial charge is 0.291 e. The van der Waals surface area contributed by atoms with E-state index in [2.05, 4.69) is 31.9 Å². The zero-order valence-corrected chi connectivity index (χ0v) is 10.1. The molecule has 0 saturated carbocycles. The number of fused-ring (bicyclic) bond motifs is 1. The highest BCUT2D eigenvalue weighted by Gasteiger charge is 2.38. The fraction of sp³-hybridized carbons (Fsp3) is 0.375. The number of Topliss-reactive ketones (excluding diaryl/α,β-unsaturated/α-hetero) is 1. The second-order valence-electron chi connectivity index (χ2n) is 2.81. The number of ketones is 1. The fourth-order valence-corrected chi connectivity index (χ4v) is 3.33. The van der Waals surface area contributed by atoms with Gasteiger partial charge in [-0.15, -0.1) is 11.3 Å². The summed E-state index contributed by atoms with van der Waals surface area (Å²) in [5, 5.41) is 1.98. The number of rotatable bonds is 0. The first-order valence-electron chi connectivity index (χ1n) is 3.60. The Morgan fingerprint density at radius 3 is 3.00 bits per heavy atom. The average Bonchev–Trinajstić information content (AvgIpc) is 2.45. The Kier molecular flexibility index (Phi) is 2.17. The molecule has 4 heteroatoms. The van der Waals surface area contributed by atoms with Gasteiger partial charge in [0.15, 0.2) is 5.78 Å². The molecule has 12 heavy (non-hydrogen) atoms. The lowest BCUT2D eigenvalue weighted by Crippen LogP contribution is -2.29. The maximum atomic E-state index is 11.7. The predicted molar refractivity (Wildman–Crippen MR) is 57.6 cm³/mol. The van der Waals surface area contributed by atoms with Crippen LogP contribution < -0.4 is 0 Å². The van der Waals surface area contributed by atoms with Crippen molar-refractivity contribution in [3.8, 4) is 0 Å². The highest BCUT2D eigenvalue weighted by molar-refractivity contribution is 9.26. The zero-order chi connectivity index (χ0) is 8.77. The summed E-state index contributed by atoms with van der Waals surface area (Å²) in [4.78, 5) is 12.6. The molecule has 0 radical (unpaired) electrons. The smallest absolute Gasteiger partial charge is 0.200 e. The molecule has 1 aromatic heterocycles. The monoisotopic (exact) mass is 308 g/mol. The van der Waals surface area contributed by atoms with Crippen LogP contribution in [0.5, 0.6) is 0 Å². The van der Waals surface area contributed by atoms with Crippen molar-refractivity contribution in [3.63, 3.8) is 0 Å². The van der Waals surface area contributed by atoms with Crippen LogP contribution in [-0.2, 0) is 6.42 Å². The second kappa shape index (κ2) is 2.93. The van der Waals surface area contributed by atoms with Crippen molar-refractivity contribution >= 4 is 49.0 Å². The number of alkyl halides is 2. The number of halogens is 2. The van der Waals surface area contributed by atoms with Crippen molar-refractivity contribution in [1.29, 1.82) is 0 Å². The van der Waals surface area contributed by atoms with Gasteiger partial charge in [-0.05, 0) is 29.9 Å². The number of aryl methyl sites for hydroxylation is 1. The Bertz CT molecular complexity index is 330. The topological polar surface area (TPSA) is 17.1 Å². The van der Waals surface area contributed by atoms with Gasteiger partial charge in [0.2, 0.25) is 0 Å². The Hall–Kier alpha value is 0.330. The molecule has 0 amide bonds. The van der Waals surface area contributed by atoms with Crippen molar-refractivity contribution < 1.29 is 4.79 Å². The van der Waals surface area contributed by atoms with Crippen molar-refractivity contribution in [2.45, 2.75) is 16.1 Å². The third kappa shape index (κ3) is 1.30. The van der Waals surface area contributed by atoms with Gasteiger partial charge in [0, 0.05) is 0 Å². The quantitative estimate of drug-likeness (QED) is 0.672. The Labute approximate surface area is 91.4 Å². The molecule has 0 unspecified atom stereocenters. The van der Waals surface area contributed by atoms with Crippen molar-refractivity contribution in [2.24, 2.45) is 0 Å². The maximum absolute atomic E-state index is 11.7. The minimum atomic E-state index is -0.502. The Morgan fingerprint density at radius 2 is 2.25 bits per heavy atom. The highest BCUT2D eigenvalue weighted by atomic mass is 79.9. The van der Waals surface area contributed by atoms with Crippen LogP contribution >= 0.6 is 43.2 Å². The lowest BCUT2D eigenvalue weighted by Gasteiger charge is -2.23. The molecule has 0 saturated heterocycles. The molecule has 0 bridgehead atoms. The molecule has 1 aliphatic carbocycles. The predicted octanol–water partition coefficient (Wildman–Crippen LogP) is 3.36. The summed E-state index contributed by atoms with van der Waals surface area (Å²) in [6, 6.07) is 2.03. The molecule has 0 spiro atoms. The summed E-state index contributed by atoms with van der Waals surface area (Å²) in [6.45, 7) is 0. The molecular formula is C8H6Br2OS. The third-order valence-electron chi connectivity index (χ3n) is 1.99. The van der Waals surface area contributed by atoms with E-state index in [-0.39, 0.29) is 5.78 Å². The molecule has 0 fully saturated rings. The summed E-state index contributed by atoms with van der Waals surface area (Å²) in [5.74, 6) is 0.166. The van der Waals surface area contributed by atoms with E-state index in [4.69, 9.17) is 0 Å². The van der Waals surface area contributed by atoms with E-state index in [9.17, 15) is 4.79 Å². The first-order chi connectivity index (χ1) is 5.61. The highest BCUT2D eigenvalue weighted by Crippen LogP contribution is 2.41. The van der Waals surface area contributed by atoms with Gasteiger partial charge in [0.05, 0.1) is 4.88 Å². The molecule has 1 nitrogen and oxygen atoms in total. The van der Waals surface area contributed by atoms with Crippen LogP contribution in [0.3, 0.4) is 0 Å². The zero-order valence-electron chi connectivity index (χ0n) is 6.14. The van der Waals surface area contributed by atoms with Crippen LogP contribution in [0.25, 0.3) is 0 Å². The van der Waals surface area contributed by atoms with E-state index in [0.717, 1.165) is 17.7 Å². The lowest BCUT2D eigenvalue weighted by atomic mass is 9.98. The van der Waals surface area contributed by atoms with E-state index in [1.165, 1.54) is 16.9 Å². The van der Waals surface area contributed by atoms with E-state index < -0.39 is 3.23 Å². The van der Waals surface area contributed by atoms with Crippen LogP contribution in [0.4, 0.5) is 0 Å². The van der Waals surface area contributed by atoms with Crippen molar-refractivity contribution in [2.75, 3.05) is 0 Å². The number of carbonyl (C=O) groups is 1. The summed E-state index contributed by atoms with van der Waals surface area (Å²) in [5.41, 5.74) is 1.19. The summed E-state index contributed by atoms with van der Waals surface area (Å²) < 4.78 is -0.502. The molecule has 0 aliphatic heterocycles. The molecular weight excluding hydrogens is 304 g/mol. The first-order valence-corrected chi connectivity index (χ1v) is 6.07. The molecule has 1 aromatic rings. The molecule has 1 heterocycles. The third-order valence-corrected chi connectivity index (χ3v) is 4.46. The van der Waals surface area contributed by atoms with E-state index in [1.54, 1.807) is 0 Å². The van der Waals surface area contributed by atoms with Gasteiger partial charge in [0.25, 0.3) is 0 Å². The summed E-state index contributed by atoms with van der Waals surface area (Å²) in [6.07, 6.45) is 1.80. The number of hydrogen-bond acceptors (Lipinski definition) is 2. The normalized spacial score (nSPS) is 20.7. The van der Waals surface area contributed by atoms with E-state index in [0.29, 0.717) is 0 Å². The summed E-state index contributed by atoms with van der Waals surface area (Å²) in [7, 11) is 0. The van der Waals surface area contributed by atoms with Crippen LogP contribution in [-0.4, -0.2) is 9.02 Å². The second-order valence-corrected chi connectivity index (χ2v) is 7.50. The standard InChI is InChI=1S/C8H6Br2OS/c9-8(10)3-1-5-2-4-12-6(5)7(8)11/h2,4H,1,3H2. The van der Waals surface area contributed by atoms with Crippen LogP contribution in [0, 0.1) is 0 Å². The van der Waals surface area contributed by atoms with Crippen LogP contribution in [0.15, 0.2) is 11.4 Å². The fourth-order valence-electron chi connectivity index (χ4n) is 1.30. The molecule has 1 aliphatic rings. The SMILES string of the molecule is O=C1c2sccc2CCC1(Br)Br. The van der Waals surface area contributed by atoms with Gasteiger partial charge in [-0.1, -0.05) is 31.9 Å². The minimum Gasteiger partial charge on any atom is -0.291 e. The van der Waals surface area contributed by atoms with Crippen molar-refractivity contribution in [1.82, 2.24) is 0 Å². The maximum Gasteiger partial charge on any atom is 0.200 e. The van der Waals surface area contributed by atoms with Gasteiger partial charge < -0.3 is 0 Å². The number of carbonyl (C=O) groups excluding carboxylic acids is 1. The molecule has 2 rings (SSSR count). The van der Waals surface area contributed by atoms with E-state index in [1.807, 2.05) is 11.4 Å². The number of thiophene rings is 1. The van der Waals surface area contributed by atoms with Gasteiger partial charge in [0.1, 0.15) is 3.23 Å². The Balaban J connectivity index is 2.49. The summed E-state index contributed by atoms with van der Waals surface area (Å²) >= 11 is 8.30. The average molecular weight is 310 g/mol.